The molecule has 0 aromatic carbocycles. The van der Waals surface area contributed by atoms with Gasteiger partial charge in [0.15, 0.2) is 5.82 Å². The third kappa shape index (κ3) is 2.55. The molecule has 2 N–H and O–H groups in total. The zero-order valence-corrected chi connectivity index (χ0v) is 10.2. The van der Waals surface area contributed by atoms with Crippen LogP contribution in [0.15, 0.2) is 16.6 Å². The van der Waals surface area contributed by atoms with E-state index in [4.69, 9.17) is 16.7 Å². The molecule has 16 heavy (non-hydrogen) atoms. The molecule has 0 unspecified atom stereocenters. The quantitative estimate of drug-likeness (QED) is 0.838. The number of nitrogens with one attached hydrogen (secondary N) is 1. The topological polar surface area (TPSA) is 78.9 Å². The monoisotopic (exact) mass is 275 g/mol. The lowest BCUT2D eigenvalue weighted by atomic mass is 10.4. The molecule has 0 spiro atoms. The summed E-state index contributed by atoms with van der Waals surface area (Å²) in [4.78, 5) is 15.3. The molecule has 84 valence electrons. The lowest BCUT2D eigenvalue weighted by Crippen LogP contribution is -1.97. The Morgan fingerprint density at radius 1 is 1.69 bits per heavy atom. The zero-order valence-electron chi connectivity index (χ0n) is 7.81. The number of H-pyrrole nitrogens is 1. The highest BCUT2D eigenvalue weighted by Gasteiger charge is 2.11. The highest BCUT2D eigenvalue weighted by molar-refractivity contribution is 7.99. The van der Waals surface area contributed by atoms with Gasteiger partial charge < -0.3 is 5.11 Å². The molecule has 0 amide bonds. The van der Waals surface area contributed by atoms with Crippen LogP contribution in [0.3, 0.4) is 0 Å². The molecule has 2 aromatic rings. The molecule has 0 radical (unpaired) electrons. The Hall–Kier alpha value is -1.05. The number of hydrogen-bond acceptors (Lipinski definition) is 5. The second-order valence-corrected chi connectivity index (χ2v) is 5.01. The first kappa shape index (κ1) is 11.4. The molecule has 0 aliphatic heterocycles. The van der Waals surface area contributed by atoms with Crippen molar-refractivity contribution in [1.82, 2.24) is 15.2 Å². The number of halogens is 1. The summed E-state index contributed by atoms with van der Waals surface area (Å²) in [5.74, 6) is -0.395. The van der Waals surface area contributed by atoms with Gasteiger partial charge in [0.25, 0.3) is 0 Å². The van der Waals surface area contributed by atoms with Gasteiger partial charge in [-0.05, 0) is 11.4 Å². The van der Waals surface area contributed by atoms with Crippen molar-refractivity contribution in [2.24, 2.45) is 0 Å². The second-order valence-electron chi connectivity index (χ2n) is 2.75. The summed E-state index contributed by atoms with van der Waals surface area (Å²) >= 11 is 8.44. The van der Waals surface area contributed by atoms with E-state index < -0.39 is 5.97 Å². The Bertz CT molecular complexity index is 511. The summed E-state index contributed by atoms with van der Waals surface area (Å²) in [7, 11) is 0. The summed E-state index contributed by atoms with van der Waals surface area (Å²) < 4.78 is 0. The van der Waals surface area contributed by atoms with Crippen LogP contribution in [0.5, 0.6) is 0 Å². The fourth-order valence-electron chi connectivity index (χ4n) is 1.00. The maximum Gasteiger partial charge on any atom is 0.313 e. The maximum absolute atomic E-state index is 10.4. The third-order valence-electron chi connectivity index (χ3n) is 1.62. The zero-order chi connectivity index (χ0) is 11.5. The van der Waals surface area contributed by atoms with Crippen molar-refractivity contribution in [3.05, 3.63) is 16.5 Å². The predicted octanol–water partition coefficient (Wildman–Crippen LogP) is 2.36. The number of carboxylic acid groups (broad SMARTS) is 1. The van der Waals surface area contributed by atoms with Crippen LogP contribution in [-0.2, 0) is 4.79 Å². The number of aliphatic carboxylic acids is 1. The van der Waals surface area contributed by atoms with E-state index in [0.29, 0.717) is 16.0 Å². The molecule has 0 saturated carbocycles. The van der Waals surface area contributed by atoms with Gasteiger partial charge in [0.2, 0.25) is 5.16 Å². The van der Waals surface area contributed by atoms with E-state index in [-0.39, 0.29) is 5.75 Å². The standard InChI is InChI=1S/C8H6ClN3O2S2/c9-4-1-2-15-6(4)7-10-8(12-11-7)16-3-5(13)14/h1-2H,3H2,(H,13,14)(H,10,11,12). The molecule has 2 rings (SSSR count). The molecule has 0 bridgehead atoms. The van der Waals surface area contributed by atoms with E-state index in [2.05, 4.69) is 15.2 Å². The van der Waals surface area contributed by atoms with E-state index in [1.165, 1.54) is 11.3 Å². The number of nitrogens with zero attached hydrogens (tertiary/aromatic N) is 2. The molecule has 2 heterocycles. The maximum atomic E-state index is 10.4. The van der Waals surface area contributed by atoms with Crippen molar-refractivity contribution in [3.8, 4) is 10.7 Å². The number of carboxylic acids is 1. The Morgan fingerprint density at radius 2 is 2.50 bits per heavy atom. The fraction of sp³-hybridized carbons (Fsp3) is 0.125. The van der Waals surface area contributed by atoms with Crippen molar-refractivity contribution in [2.45, 2.75) is 5.16 Å². The van der Waals surface area contributed by atoms with Crippen LogP contribution in [0.1, 0.15) is 0 Å². The molecular weight excluding hydrogens is 270 g/mol. The number of hydrogen-bond donors (Lipinski definition) is 2. The minimum Gasteiger partial charge on any atom is -0.481 e. The number of thiophene rings is 1. The van der Waals surface area contributed by atoms with Crippen molar-refractivity contribution in [3.63, 3.8) is 0 Å². The van der Waals surface area contributed by atoms with Crippen LogP contribution in [0.25, 0.3) is 10.7 Å². The van der Waals surface area contributed by atoms with Gasteiger partial charge in [-0.15, -0.1) is 16.4 Å². The average molecular weight is 276 g/mol. The Balaban J connectivity index is 2.14. The van der Waals surface area contributed by atoms with Crippen molar-refractivity contribution >= 4 is 40.7 Å². The number of rotatable bonds is 4. The summed E-state index contributed by atoms with van der Waals surface area (Å²) in [6, 6.07) is 1.77. The van der Waals surface area contributed by atoms with Crippen LogP contribution in [0, 0.1) is 0 Å². The SMILES string of the molecule is O=C(O)CSc1n[nH]c(-c2sccc2Cl)n1. The van der Waals surface area contributed by atoms with Crippen molar-refractivity contribution in [1.29, 1.82) is 0 Å². The molecule has 0 saturated heterocycles. The lowest BCUT2D eigenvalue weighted by molar-refractivity contribution is -0.133. The summed E-state index contributed by atoms with van der Waals surface area (Å²) in [5, 5.41) is 18.0. The molecular formula is C8H6ClN3O2S2. The largest absolute Gasteiger partial charge is 0.481 e. The molecule has 2 aromatic heterocycles. The van der Waals surface area contributed by atoms with Crippen LogP contribution < -0.4 is 0 Å². The van der Waals surface area contributed by atoms with Crippen LogP contribution >= 0.6 is 34.7 Å². The van der Waals surface area contributed by atoms with E-state index in [9.17, 15) is 4.79 Å². The first-order chi connectivity index (χ1) is 7.66. The van der Waals surface area contributed by atoms with Gasteiger partial charge in [0, 0.05) is 0 Å². The minimum atomic E-state index is -0.898. The Labute approximate surface area is 104 Å². The summed E-state index contributed by atoms with van der Waals surface area (Å²) in [6.45, 7) is 0. The average Bonchev–Trinajstić information content (AvgIpc) is 2.83. The van der Waals surface area contributed by atoms with Gasteiger partial charge in [-0.2, -0.15) is 0 Å². The van der Waals surface area contributed by atoms with E-state index in [1.54, 1.807) is 6.07 Å². The van der Waals surface area contributed by atoms with Crippen molar-refractivity contribution < 1.29 is 9.90 Å². The smallest absolute Gasteiger partial charge is 0.313 e. The number of thioether (sulfide) groups is 1. The summed E-state index contributed by atoms with van der Waals surface area (Å²) in [6.07, 6.45) is 0. The van der Waals surface area contributed by atoms with Gasteiger partial charge in [0.05, 0.1) is 15.7 Å². The fourth-order valence-corrected chi connectivity index (χ4v) is 2.60. The number of aromatic nitrogens is 3. The van der Waals surface area contributed by atoms with Crippen LogP contribution in [0.2, 0.25) is 5.02 Å². The van der Waals surface area contributed by atoms with Gasteiger partial charge in [0.1, 0.15) is 0 Å². The van der Waals surface area contributed by atoms with E-state index in [1.807, 2.05) is 5.38 Å². The van der Waals surface area contributed by atoms with Gasteiger partial charge in [-0.3, -0.25) is 9.89 Å². The number of aromatic amines is 1. The van der Waals surface area contributed by atoms with Gasteiger partial charge in [-0.1, -0.05) is 23.4 Å². The van der Waals surface area contributed by atoms with Gasteiger partial charge >= 0.3 is 5.97 Å². The first-order valence-electron chi connectivity index (χ1n) is 4.17. The normalized spacial score (nSPS) is 10.6. The molecule has 8 heteroatoms. The Morgan fingerprint density at radius 3 is 3.12 bits per heavy atom. The lowest BCUT2D eigenvalue weighted by Gasteiger charge is -1.90. The molecule has 5 nitrogen and oxygen atoms in total. The first-order valence-corrected chi connectivity index (χ1v) is 6.41. The van der Waals surface area contributed by atoms with E-state index in [0.717, 1.165) is 16.6 Å². The highest BCUT2D eigenvalue weighted by atomic mass is 35.5. The van der Waals surface area contributed by atoms with Crippen LogP contribution in [-0.4, -0.2) is 32.0 Å². The van der Waals surface area contributed by atoms with Crippen LogP contribution in [0.4, 0.5) is 0 Å². The number of carbonyl (C=O) groups is 1. The molecule has 0 aliphatic rings. The van der Waals surface area contributed by atoms with Gasteiger partial charge in [-0.25, -0.2) is 4.98 Å². The Kier molecular flexibility index (Phi) is 3.47. The molecule has 0 fully saturated rings. The highest BCUT2D eigenvalue weighted by Crippen LogP contribution is 2.31. The second kappa shape index (κ2) is 4.86. The molecule has 0 aliphatic carbocycles. The predicted molar refractivity (Wildman–Crippen MR) is 63.1 cm³/mol. The summed E-state index contributed by atoms with van der Waals surface area (Å²) in [5.41, 5.74) is 0. The minimum absolute atomic E-state index is 0.0601. The third-order valence-corrected chi connectivity index (χ3v) is 3.80. The van der Waals surface area contributed by atoms with E-state index >= 15 is 0 Å². The van der Waals surface area contributed by atoms with Crippen molar-refractivity contribution in [2.75, 3.05) is 5.75 Å². The molecule has 0 atom stereocenters.